The first-order valence-corrected chi connectivity index (χ1v) is 8.93. The van der Waals surface area contributed by atoms with Crippen LogP contribution in [0.1, 0.15) is 25.0 Å². The maximum absolute atomic E-state index is 12.5. The first-order valence-electron chi connectivity index (χ1n) is 8.93. The van der Waals surface area contributed by atoms with Crippen molar-refractivity contribution in [3.8, 4) is 0 Å². The molecule has 0 radical (unpaired) electrons. The van der Waals surface area contributed by atoms with Crippen LogP contribution < -0.4 is 5.43 Å². The number of amides is 2. The lowest BCUT2D eigenvalue weighted by atomic mass is 10.1. The normalized spacial score (nSPS) is 11.4. The molecule has 0 bridgehead atoms. The Labute approximate surface area is 164 Å². The van der Waals surface area contributed by atoms with Gasteiger partial charge in [0.15, 0.2) is 0 Å². The fraction of sp³-hybridized carbons (Fsp3) is 0.286. The van der Waals surface area contributed by atoms with Gasteiger partial charge in [-0.3, -0.25) is 0 Å². The summed E-state index contributed by atoms with van der Waals surface area (Å²) < 4.78 is 10.4. The van der Waals surface area contributed by atoms with Crippen molar-refractivity contribution in [3.05, 3.63) is 71.8 Å². The Kier molecular flexibility index (Phi) is 8.02. The van der Waals surface area contributed by atoms with E-state index in [1.165, 1.54) is 0 Å². The number of nitrogens with one attached hydrogen (secondary N) is 1. The maximum Gasteiger partial charge on any atom is 0.429 e. The van der Waals surface area contributed by atoms with E-state index in [2.05, 4.69) is 5.43 Å². The van der Waals surface area contributed by atoms with E-state index in [4.69, 9.17) is 9.47 Å². The van der Waals surface area contributed by atoms with Crippen molar-refractivity contribution >= 4 is 18.5 Å². The Hall–Kier alpha value is -3.35. The van der Waals surface area contributed by atoms with E-state index in [1.807, 2.05) is 48.5 Å². The lowest BCUT2D eigenvalue weighted by Crippen LogP contribution is -2.54. The van der Waals surface area contributed by atoms with Gasteiger partial charge in [0.2, 0.25) is 0 Å². The molecule has 0 unspecified atom stereocenters. The first kappa shape index (κ1) is 21.0. The quantitative estimate of drug-likeness (QED) is 0.581. The third-order valence-corrected chi connectivity index (χ3v) is 3.95. The average molecular weight is 384 g/mol. The van der Waals surface area contributed by atoms with E-state index in [1.54, 1.807) is 26.0 Å². The van der Waals surface area contributed by atoms with Gasteiger partial charge in [-0.25, -0.2) is 20.0 Å². The van der Waals surface area contributed by atoms with Crippen LogP contribution in [0.2, 0.25) is 0 Å². The fourth-order valence-electron chi connectivity index (χ4n) is 2.40. The fourth-order valence-corrected chi connectivity index (χ4v) is 2.40. The van der Waals surface area contributed by atoms with Crippen LogP contribution in [0.4, 0.5) is 9.59 Å². The van der Waals surface area contributed by atoms with E-state index in [0.717, 1.165) is 16.1 Å². The number of carbonyl (C=O) groups is 3. The molecular formula is C21H24N2O5. The molecule has 0 spiro atoms. The van der Waals surface area contributed by atoms with Gasteiger partial charge in [-0.05, 0) is 17.0 Å². The summed E-state index contributed by atoms with van der Waals surface area (Å²) >= 11 is 0. The SMILES string of the molecule is CC(C)[C@H](C=O)N(NC(=O)OCc1ccccc1)C(=O)OCc1ccccc1. The summed E-state index contributed by atoms with van der Waals surface area (Å²) in [4.78, 5) is 36.1. The highest BCUT2D eigenvalue weighted by Gasteiger charge is 2.29. The molecule has 148 valence electrons. The summed E-state index contributed by atoms with van der Waals surface area (Å²) in [5, 5.41) is 0.869. The average Bonchev–Trinajstić information content (AvgIpc) is 2.71. The van der Waals surface area contributed by atoms with Crippen molar-refractivity contribution in [2.75, 3.05) is 0 Å². The van der Waals surface area contributed by atoms with E-state index in [9.17, 15) is 14.4 Å². The van der Waals surface area contributed by atoms with E-state index >= 15 is 0 Å². The Bertz CT molecular complexity index is 765. The van der Waals surface area contributed by atoms with Gasteiger partial charge in [0, 0.05) is 0 Å². The van der Waals surface area contributed by atoms with Crippen LogP contribution in [0.3, 0.4) is 0 Å². The van der Waals surface area contributed by atoms with E-state index < -0.39 is 18.2 Å². The Morgan fingerprint density at radius 3 is 1.89 bits per heavy atom. The zero-order valence-corrected chi connectivity index (χ0v) is 15.9. The zero-order valence-electron chi connectivity index (χ0n) is 15.9. The number of hydrazine groups is 1. The minimum Gasteiger partial charge on any atom is -0.443 e. The highest BCUT2D eigenvalue weighted by molar-refractivity contribution is 5.77. The summed E-state index contributed by atoms with van der Waals surface area (Å²) in [7, 11) is 0. The van der Waals surface area contributed by atoms with Gasteiger partial charge in [-0.1, -0.05) is 74.5 Å². The number of benzene rings is 2. The standard InChI is InChI=1S/C21H24N2O5/c1-16(2)19(13-24)23(21(26)28-15-18-11-7-4-8-12-18)22-20(25)27-14-17-9-5-3-6-10-17/h3-13,16,19H,14-15H2,1-2H3,(H,22,25)/t19-/m0/s1. The number of hydrogen-bond acceptors (Lipinski definition) is 5. The third-order valence-electron chi connectivity index (χ3n) is 3.95. The van der Waals surface area contributed by atoms with Crippen LogP contribution in [-0.4, -0.2) is 29.5 Å². The largest absolute Gasteiger partial charge is 0.443 e. The highest BCUT2D eigenvalue weighted by atomic mass is 16.6. The molecule has 0 aliphatic heterocycles. The van der Waals surface area contributed by atoms with Gasteiger partial charge in [-0.15, -0.1) is 0 Å². The second-order valence-corrected chi connectivity index (χ2v) is 6.45. The van der Waals surface area contributed by atoms with Gasteiger partial charge in [0.25, 0.3) is 0 Å². The maximum atomic E-state index is 12.5. The Morgan fingerprint density at radius 2 is 1.43 bits per heavy atom. The van der Waals surface area contributed by atoms with Crippen LogP contribution in [0, 0.1) is 5.92 Å². The van der Waals surface area contributed by atoms with Crippen LogP contribution in [0.15, 0.2) is 60.7 Å². The molecule has 1 N–H and O–H groups in total. The van der Waals surface area contributed by atoms with Crippen molar-refractivity contribution in [3.63, 3.8) is 0 Å². The summed E-state index contributed by atoms with van der Waals surface area (Å²) in [5.41, 5.74) is 3.91. The van der Waals surface area contributed by atoms with Gasteiger partial charge >= 0.3 is 12.2 Å². The van der Waals surface area contributed by atoms with E-state index in [0.29, 0.717) is 6.29 Å². The summed E-state index contributed by atoms with van der Waals surface area (Å²) in [6.07, 6.45) is -1.11. The Morgan fingerprint density at radius 1 is 0.929 bits per heavy atom. The first-order chi connectivity index (χ1) is 13.5. The van der Waals surface area contributed by atoms with E-state index in [-0.39, 0.29) is 19.1 Å². The molecule has 28 heavy (non-hydrogen) atoms. The predicted molar refractivity (Wildman–Crippen MR) is 103 cm³/mol. The molecule has 0 aliphatic rings. The highest BCUT2D eigenvalue weighted by Crippen LogP contribution is 2.11. The Balaban J connectivity index is 2.00. The number of aldehydes is 1. The number of rotatable bonds is 7. The monoisotopic (exact) mass is 384 g/mol. The van der Waals surface area contributed by atoms with Crippen molar-refractivity contribution in [1.82, 2.24) is 10.4 Å². The molecular weight excluding hydrogens is 360 g/mol. The molecule has 2 aromatic rings. The number of hydrogen-bond donors (Lipinski definition) is 1. The predicted octanol–water partition coefficient (Wildman–Crippen LogP) is 3.69. The molecule has 1 atom stereocenters. The summed E-state index contributed by atoms with van der Waals surface area (Å²) in [6, 6.07) is 17.3. The molecule has 0 saturated heterocycles. The lowest BCUT2D eigenvalue weighted by molar-refractivity contribution is -0.114. The minimum atomic E-state index is -0.896. The van der Waals surface area contributed by atoms with Gasteiger partial charge < -0.3 is 14.3 Å². The lowest BCUT2D eigenvalue weighted by Gasteiger charge is -2.29. The zero-order chi connectivity index (χ0) is 20.4. The topological polar surface area (TPSA) is 84.9 Å². The molecule has 2 aromatic carbocycles. The number of carbonyl (C=O) groups excluding carboxylic acids is 3. The molecule has 0 heterocycles. The van der Waals surface area contributed by atoms with Crippen LogP contribution in [0.25, 0.3) is 0 Å². The molecule has 0 aromatic heterocycles. The second kappa shape index (κ2) is 10.7. The van der Waals surface area contributed by atoms with Gasteiger partial charge in [-0.2, -0.15) is 0 Å². The molecule has 2 amide bonds. The molecule has 7 heteroatoms. The van der Waals surface area contributed by atoms with Gasteiger partial charge in [0.1, 0.15) is 25.5 Å². The van der Waals surface area contributed by atoms with Crippen LogP contribution in [-0.2, 0) is 27.5 Å². The summed E-state index contributed by atoms with van der Waals surface area (Å²) in [6.45, 7) is 3.56. The summed E-state index contributed by atoms with van der Waals surface area (Å²) in [5.74, 6) is -0.240. The van der Waals surface area contributed by atoms with Crippen molar-refractivity contribution in [2.24, 2.45) is 5.92 Å². The smallest absolute Gasteiger partial charge is 0.429 e. The molecule has 2 rings (SSSR count). The minimum absolute atomic E-state index is 0.0145. The number of ether oxygens (including phenoxy) is 2. The van der Waals surface area contributed by atoms with Crippen LogP contribution >= 0.6 is 0 Å². The number of nitrogens with zero attached hydrogens (tertiary/aromatic N) is 1. The molecule has 0 aliphatic carbocycles. The third kappa shape index (κ3) is 6.42. The molecule has 0 saturated carbocycles. The second-order valence-electron chi connectivity index (χ2n) is 6.45. The molecule has 7 nitrogen and oxygen atoms in total. The van der Waals surface area contributed by atoms with Crippen molar-refractivity contribution in [2.45, 2.75) is 33.1 Å². The van der Waals surface area contributed by atoms with Crippen molar-refractivity contribution < 1.29 is 23.9 Å². The molecule has 0 fully saturated rings. The van der Waals surface area contributed by atoms with Crippen molar-refractivity contribution in [1.29, 1.82) is 0 Å². The van der Waals surface area contributed by atoms with Crippen LogP contribution in [0.5, 0.6) is 0 Å². The van der Waals surface area contributed by atoms with Gasteiger partial charge in [0.05, 0.1) is 0 Å².